The molecule has 112 valence electrons. The van der Waals surface area contributed by atoms with Crippen LogP contribution in [0.15, 0.2) is 23.1 Å². The van der Waals surface area contributed by atoms with E-state index in [0.29, 0.717) is 10.8 Å². The lowest BCUT2D eigenvalue weighted by Crippen LogP contribution is -2.42. The lowest BCUT2D eigenvalue weighted by molar-refractivity contribution is 0.316. The summed E-state index contributed by atoms with van der Waals surface area (Å²) in [5.41, 5.74) is 2.11. The van der Waals surface area contributed by atoms with Crippen molar-refractivity contribution in [3.63, 3.8) is 0 Å². The Balaban J connectivity index is 2.11. The average Bonchev–Trinajstić information content (AvgIpc) is 2.42. The monoisotopic (exact) mass is 296 g/mol. The van der Waals surface area contributed by atoms with Crippen molar-refractivity contribution in [2.45, 2.75) is 44.6 Å². The van der Waals surface area contributed by atoms with Crippen molar-refractivity contribution >= 4 is 10.0 Å². The largest absolute Gasteiger partial charge is 0.317 e. The molecule has 1 fully saturated rings. The molecule has 1 aliphatic heterocycles. The molecule has 1 atom stereocenters. The number of benzene rings is 1. The van der Waals surface area contributed by atoms with E-state index in [0.717, 1.165) is 37.1 Å². The quantitative estimate of drug-likeness (QED) is 0.893. The minimum Gasteiger partial charge on any atom is -0.317 e. The summed E-state index contributed by atoms with van der Waals surface area (Å²) < 4.78 is 27.7. The Morgan fingerprint density at radius 3 is 2.45 bits per heavy atom. The predicted molar refractivity (Wildman–Crippen MR) is 81.3 cm³/mol. The molecule has 1 aromatic rings. The molecule has 0 radical (unpaired) electrons. The third kappa shape index (κ3) is 3.59. The highest BCUT2D eigenvalue weighted by Gasteiger charge is 2.25. The van der Waals surface area contributed by atoms with Crippen molar-refractivity contribution in [3.8, 4) is 0 Å². The van der Waals surface area contributed by atoms with Gasteiger partial charge < -0.3 is 5.32 Å². The summed E-state index contributed by atoms with van der Waals surface area (Å²) in [5, 5.41) is 3.30. The Bertz CT molecular complexity index is 563. The molecule has 20 heavy (non-hydrogen) atoms. The van der Waals surface area contributed by atoms with E-state index < -0.39 is 10.0 Å². The van der Waals surface area contributed by atoms with Gasteiger partial charge in [-0.25, -0.2) is 13.1 Å². The summed E-state index contributed by atoms with van der Waals surface area (Å²) in [6.45, 7) is 7.83. The molecule has 4 nitrogen and oxygen atoms in total. The Morgan fingerprint density at radius 1 is 1.20 bits per heavy atom. The fourth-order valence-corrected chi connectivity index (χ4v) is 4.03. The molecule has 0 unspecified atom stereocenters. The van der Waals surface area contributed by atoms with Crippen LogP contribution in [0.2, 0.25) is 0 Å². The summed E-state index contributed by atoms with van der Waals surface area (Å²) in [6, 6.07) is 5.26. The number of nitrogens with one attached hydrogen (secondary N) is 2. The summed E-state index contributed by atoms with van der Waals surface area (Å²) >= 11 is 0. The second kappa shape index (κ2) is 6.24. The molecule has 1 heterocycles. The van der Waals surface area contributed by atoms with Gasteiger partial charge in [-0.1, -0.05) is 6.07 Å². The Hall–Kier alpha value is -0.910. The highest BCUT2D eigenvalue weighted by atomic mass is 32.2. The van der Waals surface area contributed by atoms with Gasteiger partial charge in [-0.05, 0) is 75.9 Å². The van der Waals surface area contributed by atoms with Crippen LogP contribution in [0.5, 0.6) is 0 Å². The van der Waals surface area contributed by atoms with E-state index in [1.165, 1.54) is 0 Å². The maximum Gasteiger partial charge on any atom is 0.240 e. The first-order chi connectivity index (χ1) is 9.40. The SMILES string of the molecule is Cc1ccc(S(=O)(=O)N[C@H](C)C2CCNCC2)cc1C. The standard InChI is InChI=1S/C15H24N2O2S/c1-11-4-5-15(10-12(11)2)20(18,19)17-13(3)14-6-8-16-9-7-14/h4-5,10,13-14,16-17H,6-9H2,1-3H3/t13-/m1/s1. The first-order valence-electron chi connectivity index (χ1n) is 7.20. The molecule has 0 aromatic heterocycles. The number of aryl methyl sites for hydroxylation is 2. The lowest BCUT2D eigenvalue weighted by Gasteiger charge is -2.28. The van der Waals surface area contributed by atoms with Gasteiger partial charge in [0.2, 0.25) is 10.0 Å². The van der Waals surface area contributed by atoms with Crippen LogP contribution < -0.4 is 10.0 Å². The molecule has 0 bridgehead atoms. The van der Waals surface area contributed by atoms with E-state index >= 15 is 0 Å². The molecule has 1 saturated heterocycles. The molecule has 0 aliphatic carbocycles. The topological polar surface area (TPSA) is 58.2 Å². The zero-order valence-electron chi connectivity index (χ0n) is 12.4. The molecule has 0 amide bonds. The summed E-state index contributed by atoms with van der Waals surface area (Å²) in [6.07, 6.45) is 2.05. The Morgan fingerprint density at radius 2 is 1.85 bits per heavy atom. The summed E-state index contributed by atoms with van der Waals surface area (Å²) in [4.78, 5) is 0.362. The molecule has 2 N–H and O–H groups in total. The number of hydrogen-bond donors (Lipinski definition) is 2. The molecular weight excluding hydrogens is 272 g/mol. The molecule has 0 spiro atoms. The fraction of sp³-hybridized carbons (Fsp3) is 0.600. The van der Waals surface area contributed by atoms with Gasteiger partial charge in [-0.15, -0.1) is 0 Å². The first-order valence-corrected chi connectivity index (χ1v) is 8.69. The van der Waals surface area contributed by atoms with Crippen molar-refractivity contribution in [3.05, 3.63) is 29.3 Å². The van der Waals surface area contributed by atoms with E-state index in [1.54, 1.807) is 12.1 Å². The molecule has 5 heteroatoms. The maximum absolute atomic E-state index is 12.4. The van der Waals surface area contributed by atoms with Crippen molar-refractivity contribution < 1.29 is 8.42 Å². The minimum absolute atomic E-state index is 0.0243. The van der Waals surface area contributed by atoms with E-state index in [-0.39, 0.29) is 6.04 Å². The lowest BCUT2D eigenvalue weighted by atomic mass is 9.92. The van der Waals surface area contributed by atoms with Gasteiger partial charge in [-0.2, -0.15) is 0 Å². The summed E-state index contributed by atoms with van der Waals surface area (Å²) in [7, 11) is -3.42. The van der Waals surface area contributed by atoms with Crippen LogP contribution in [0, 0.1) is 19.8 Å². The van der Waals surface area contributed by atoms with Gasteiger partial charge in [0.15, 0.2) is 0 Å². The normalized spacial score (nSPS) is 18.9. The van der Waals surface area contributed by atoms with Crippen LogP contribution in [0.3, 0.4) is 0 Å². The zero-order chi connectivity index (χ0) is 14.8. The van der Waals surface area contributed by atoms with Crippen LogP contribution >= 0.6 is 0 Å². The number of hydrogen-bond acceptors (Lipinski definition) is 3. The van der Waals surface area contributed by atoms with Crippen LogP contribution in [0.25, 0.3) is 0 Å². The predicted octanol–water partition coefficient (Wildman–Crippen LogP) is 1.97. The van der Waals surface area contributed by atoms with Gasteiger partial charge in [-0.3, -0.25) is 0 Å². The van der Waals surface area contributed by atoms with Crippen molar-refractivity contribution in [2.75, 3.05) is 13.1 Å². The van der Waals surface area contributed by atoms with Gasteiger partial charge in [0.1, 0.15) is 0 Å². The van der Waals surface area contributed by atoms with E-state index in [2.05, 4.69) is 10.0 Å². The molecule has 1 aromatic carbocycles. The molecule has 1 aliphatic rings. The van der Waals surface area contributed by atoms with E-state index in [1.807, 2.05) is 26.8 Å². The first kappa shape index (κ1) is 15.5. The molecule has 0 saturated carbocycles. The van der Waals surface area contributed by atoms with Crippen LogP contribution in [-0.2, 0) is 10.0 Å². The fourth-order valence-electron chi connectivity index (χ4n) is 2.63. The molecular formula is C15H24N2O2S. The average molecular weight is 296 g/mol. The maximum atomic E-state index is 12.4. The van der Waals surface area contributed by atoms with Gasteiger partial charge >= 0.3 is 0 Å². The molecule has 2 rings (SSSR count). The van der Waals surface area contributed by atoms with Gasteiger partial charge in [0.25, 0.3) is 0 Å². The van der Waals surface area contributed by atoms with Crippen LogP contribution in [0.4, 0.5) is 0 Å². The Kier molecular flexibility index (Phi) is 4.83. The highest BCUT2D eigenvalue weighted by molar-refractivity contribution is 7.89. The van der Waals surface area contributed by atoms with Gasteiger partial charge in [0, 0.05) is 6.04 Å². The van der Waals surface area contributed by atoms with Crippen molar-refractivity contribution in [2.24, 2.45) is 5.92 Å². The number of rotatable bonds is 4. The second-order valence-corrected chi connectivity index (χ2v) is 7.46. The van der Waals surface area contributed by atoms with E-state index in [4.69, 9.17) is 0 Å². The van der Waals surface area contributed by atoms with Gasteiger partial charge in [0.05, 0.1) is 4.90 Å². The second-order valence-electron chi connectivity index (χ2n) is 5.74. The van der Waals surface area contributed by atoms with Crippen LogP contribution in [-0.4, -0.2) is 27.5 Å². The smallest absolute Gasteiger partial charge is 0.240 e. The summed E-state index contributed by atoms with van der Waals surface area (Å²) in [5.74, 6) is 0.414. The third-order valence-corrected chi connectivity index (χ3v) is 5.78. The van der Waals surface area contributed by atoms with E-state index in [9.17, 15) is 8.42 Å². The van der Waals surface area contributed by atoms with Crippen LogP contribution in [0.1, 0.15) is 30.9 Å². The Labute approximate surface area is 122 Å². The minimum atomic E-state index is -3.42. The highest BCUT2D eigenvalue weighted by Crippen LogP contribution is 2.20. The number of sulfonamides is 1. The third-order valence-electron chi connectivity index (χ3n) is 4.22. The van der Waals surface area contributed by atoms with Crippen molar-refractivity contribution in [1.29, 1.82) is 0 Å². The zero-order valence-corrected chi connectivity index (χ0v) is 13.3. The number of piperidine rings is 1. The van der Waals surface area contributed by atoms with Crippen molar-refractivity contribution in [1.82, 2.24) is 10.0 Å².